The molecular formula is C19H20. The minimum atomic E-state index is 0.636. The van der Waals surface area contributed by atoms with Crippen molar-refractivity contribution >= 4 is 6.08 Å². The van der Waals surface area contributed by atoms with E-state index in [0.717, 1.165) is 12.8 Å². The molecule has 1 atom stereocenters. The minimum absolute atomic E-state index is 0.636. The van der Waals surface area contributed by atoms with E-state index in [0.29, 0.717) is 5.92 Å². The standard InChI is InChI=1S/C19H20/c1-2-16(14-15-8-4-3-5-9-15)18-12-6-10-17-11-7-13-19(17)18/h3-12,16H,2,13-14H2,1H3. The molecule has 0 aliphatic heterocycles. The lowest BCUT2D eigenvalue weighted by molar-refractivity contribution is 0.655. The third kappa shape index (κ3) is 2.49. The minimum Gasteiger partial charge on any atom is -0.0795 e. The Labute approximate surface area is 115 Å². The fourth-order valence-electron chi connectivity index (χ4n) is 3.07. The fourth-order valence-corrected chi connectivity index (χ4v) is 3.07. The van der Waals surface area contributed by atoms with Gasteiger partial charge in [-0.1, -0.05) is 67.6 Å². The first-order valence-electron chi connectivity index (χ1n) is 7.20. The van der Waals surface area contributed by atoms with Gasteiger partial charge in [0.2, 0.25) is 0 Å². The van der Waals surface area contributed by atoms with Gasteiger partial charge in [-0.3, -0.25) is 0 Å². The molecule has 0 heterocycles. The maximum absolute atomic E-state index is 2.32. The van der Waals surface area contributed by atoms with Gasteiger partial charge in [0.1, 0.15) is 0 Å². The molecule has 0 saturated heterocycles. The molecule has 0 radical (unpaired) electrons. The molecular weight excluding hydrogens is 228 g/mol. The van der Waals surface area contributed by atoms with E-state index in [1.807, 2.05) is 0 Å². The Morgan fingerprint density at radius 2 is 1.84 bits per heavy atom. The quantitative estimate of drug-likeness (QED) is 0.715. The van der Waals surface area contributed by atoms with E-state index in [4.69, 9.17) is 0 Å². The first-order chi connectivity index (χ1) is 9.38. The number of fused-ring (bicyclic) bond motifs is 1. The number of rotatable bonds is 4. The molecule has 96 valence electrons. The van der Waals surface area contributed by atoms with Gasteiger partial charge in [-0.15, -0.1) is 0 Å². The van der Waals surface area contributed by atoms with Crippen molar-refractivity contribution in [1.29, 1.82) is 0 Å². The molecule has 0 heteroatoms. The lowest BCUT2D eigenvalue weighted by atomic mass is 9.85. The lowest BCUT2D eigenvalue weighted by Gasteiger charge is -2.19. The van der Waals surface area contributed by atoms with E-state index in [1.54, 1.807) is 11.1 Å². The molecule has 0 N–H and O–H groups in total. The molecule has 0 saturated carbocycles. The van der Waals surface area contributed by atoms with Crippen LogP contribution in [0.25, 0.3) is 6.08 Å². The third-order valence-corrected chi connectivity index (χ3v) is 4.13. The van der Waals surface area contributed by atoms with Crippen LogP contribution < -0.4 is 0 Å². The molecule has 0 bridgehead atoms. The van der Waals surface area contributed by atoms with Crippen LogP contribution in [0.3, 0.4) is 0 Å². The molecule has 0 spiro atoms. The predicted octanol–water partition coefficient (Wildman–Crippen LogP) is 4.99. The van der Waals surface area contributed by atoms with Gasteiger partial charge in [-0.25, -0.2) is 0 Å². The summed E-state index contributed by atoms with van der Waals surface area (Å²) in [5.41, 5.74) is 5.96. The molecule has 19 heavy (non-hydrogen) atoms. The summed E-state index contributed by atoms with van der Waals surface area (Å²) in [5.74, 6) is 0.636. The summed E-state index contributed by atoms with van der Waals surface area (Å²) < 4.78 is 0. The highest BCUT2D eigenvalue weighted by Crippen LogP contribution is 2.32. The molecule has 0 amide bonds. The Bertz CT molecular complexity index is 578. The summed E-state index contributed by atoms with van der Waals surface area (Å²) in [5, 5.41) is 0. The molecule has 1 aliphatic rings. The van der Waals surface area contributed by atoms with E-state index in [9.17, 15) is 0 Å². The van der Waals surface area contributed by atoms with Crippen molar-refractivity contribution in [3.05, 3.63) is 76.9 Å². The monoisotopic (exact) mass is 248 g/mol. The highest BCUT2D eigenvalue weighted by Gasteiger charge is 2.17. The Hall–Kier alpha value is -1.82. The zero-order chi connectivity index (χ0) is 13.1. The molecule has 0 fully saturated rings. The highest BCUT2D eigenvalue weighted by atomic mass is 14.2. The van der Waals surface area contributed by atoms with Crippen LogP contribution in [0.5, 0.6) is 0 Å². The van der Waals surface area contributed by atoms with Crippen molar-refractivity contribution < 1.29 is 0 Å². The third-order valence-electron chi connectivity index (χ3n) is 4.13. The number of hydrogen-bond acceptors (Lipinski definition) is 0. The second-order valence-electron chi connectivity index (χ2n) is 5.32. The van der Waals surface area contributed by atoms with E-state index in [1.165, 1.54) is 17.5 Å². The van der Waals surface area contributed by atoms with Crippen LogP contribution in [-0.4, -0.2) is 0 Å². The van der Waals surface area contributed by atoms with Crippen LogP contribution >= 0.6 is 0 Å². The van der Waals surface area contributed by atoms with E-state index < -0.39 is 0 Å². The summed E-state index contributed by atoms with van der Waals surface area (Å²) in [6.07, 6.45) is 7.99. The fraction of sp³-hybridized carbons (Fsp3) is 0.263. The van der Waals surface area contributed by atoms with E-state index in [-0.39, 0.29) is 0 Å². The normalized spacial score (nSPS) is 14.4. The Morgan fingerprint density at radius 3 is 2.63 bits per heavy atom. The van der Waals surface area contributed by atoms with Crippen molar-refractivity contribution in [3.63, 3.8) is 0 Å². The van der Waals surface area contributed by atoms with Gasteiger partial charge in [0.25, 0.3) is 0 Å². The Balaban J connectivity index is 1.89. The largest absolute Gasteiger partial charge is 0.0795 e. The van der Waals surface area contributed by atoms with Gasteiger partial charge in [0.15, 0.2) is 0 Å². The predicted molar refractivity (Wildman–Crippen MR) is 82.4 cm³/mol. The van der Waals surface area contributed by atoms with Crippen molar-refractivity contribution in [2.75, 3.05) is 0 Å². The summed E-state index contributed by atoms with van der Waals surface area (Å²) in [4.78, 5) is 0. The summed E-state index contributed by atoms with van der Waals surface area (Å²) in [7, 11) is 0. The summed E-state index contributed by atoms with van der Waals surface area (Å²) >= 11 is 0. The Kier molecular flexibility index (Phi) is 3.50. The summed E-state index contributed by atoms with van der Waals surface area (Å²) in [6.45, 7) is 2.30. The van der Waals surface area contributed by atoms with Gasteiger partial charge < -0.3 is 0 Å². The van der Waals surface area contributed by atoms with E-state index in [2.05, 4.69) is 67.6 Å². The summed E-state index contributed by atoms with van der Waals surface area (Å²) in [6, 6.07) is 17.6. The van der Waals surface area contributed by atoms with Crippen molar-refractivity contribution in [3.8, 4) is 0 Å². The van der Waals surface area contributed by atoms with Crippen LogP contribution in [0, 0.1) is 0 Å². The molecule has 0 aromatic heterocycles. The lowest BCUT2D eigenvalue weighted by Crippen LogP contribution is -2.05. The average Bonchev–Trinajstić information content (AvgIpc) is 2.94. The van der Waals surface area contributed by atoms with Gasteiger partial charge in [0.05, 0.1) is 0 Å². The van der Waals surface area contributed by atoms with Crippen LogP contribution in [-0.2, 0) is 12.8 Å². The number of hydrogen-bond donors (Lipinski definition) is 0. The zero-order valence-corrected chi connectivity index (χ0v) is 11.5. The van der Waals surface area contributed by atoms with Gasteiger partial charge in [-0.2, -0.15) is 0 Å². The molecule has 2 aromatic rings. The second kappa shape index (κ2) is 5.44. The molecule has 1 aliphatic carbocycles. The van der Waals surface area contributed by atoms with Crippen LogP contribution in [0.4, 0.5) is 0 Å². The molecule has 2 aromatic carbocycles. The van der Waals surface area contributed by atoms with Crippen LogP contribution in [0.2, 0.25) is 0 Å². The van der Waals surface area contributed by atoms with Crippen molar-refractivity contribution in [1.82, 2.24) is 0 Å². The highest BCUT2D eigenvalue weighted by molar-refractivity contribution is 5.62. The van der Waals surface area contributed by atoms with Gasteiger partial charge in [0, 0.05) is 0 Å². The molecule has 3 rings (SSSR count). The van der Waals surface area contributed by atoms with Crippen LogP contribution in [0.15, 0.2) is 54.6 Å². The van der Waals surface area contributed by atoms with Gasteiger partial charge >= 0.3 is 0 Å². The molecule has 1 unspecified atom stereocenters. The van der Waals surface area contributed by atoms with Crippen molar-refractivity contribution in [2.45, 2.75) is 32.1 Å². The van der Waals surface area contributed by atoms with Gasteiger partial charge in [-0.05, 0) is 47.4 Å². The number of benzene rings is 2. The second-order valence-corrected chi connectivity index (χ2v) is 5.32. The maximum Gasteiger partial charge on any atom is -0.00853 e. The van der Waals surface area contributed by atoms with Crippen molar-refractivity contribution in [2.24, 2.45) is 0 Å². The molecule has 0 nitrogen and oxygen atoms in total. The van der Waals surface area contributed by atoms with E-state index >= 15 is 0 Å². The zero-order valence-electron chi connectivity index (χ0n) is 11.5. The maximum atomic E-state index is 2.32. The SMILES string of the molecule is CCC(Cc1ccccc1)c1cccc2c1CC=C2. The first-order valence-corrected chi connectivity index (χ1v) is 7.20. The first kappa shape index (κ1) is 12.2. The smallest absolute Gasteiger partial charge is 0.00853 e. The number of allylic oxidation sites excluding steroid dienone is 1. The topological polar surface area (TPSA) is 0 Å². The Morgan fingerprint density at radius 1 is 1.00 bits per heavy atom. The average molecular weight is 248 g/mol. The van der Waals surface area contributed by atoms with Crippen LogP contribution in [0.1, 0.15) is 41.5 Å².